The van der Waals surface area contributed by atoms with Gasteiger partial charge in [0.2, 0.25) is 0 Å². The third kappa shape index (κ3) is 4.94. The van der Waals surface area contributed by atoms with E-state index >= 15 is 0 Å². The van der Waals surface area contributed by atoms with Gasteiger partial charge in [-0.25, -0.2) is 9.67 Å². The van der Waals surface area contributed by atoms with E-state index in [2.05, 4.69) is 44.9 Å². The number of amides is 1. The molecule has 2 aromatic heterocycles. The Hall–Kier alpha value is -3.14. The number of hydrogen-bond acceptors (Lipinski definition) is 8. The van der Waals surface area contributed by atoms with E-state index in [-0.39, 0.29) is 6.54 Å². The number of anilines is 1. The number of nitrogens with zero attached hydrogens (tertiary/aromatic N) is 5. The number of hydrogen-bond donors (Lipinski definition) is 1. The summed E-state index contributed by atoms with van der Waals surface area (Å²) in [5.41, 5.74) is 3.01. The van der Waals surface area contributed by atoms with Crippen LogP contribution in [0.1, 0.15) is 19.4 Å². The molecule has 0 bridgehead atoms. The van der Waals surface area contributed by atoms with Gasteiger partial charge < -0.3 is 4.74 Å². The summed E-state index contributed by atoms with van der Waals surface area (Å²) < 4.78 is 6.30. The van der Waals surface area contributed by atoms with Crippen molar-refractivity contribution in [3.8, 4) is 11.3 Å². The first kappa shape index (κ1) is 18.6. The highest BCUT2D eigenvalue weighted by molar-refractivity contribution is 7.14. The molecule has 0 saturated carbocycles. The molecule has 2 heterocycles. The van der Waals surface area contributed by atoms with Crippen molar-refractivity contribution >= 4 is 28.3 Å². The van der Waals surface area contributed by atoms with Gasteiger partial charge >= 0.3 is 5.97 Å². The Morgan fingerprint density at radius 1 is 1.30 bits per heavy atom. The van der Waals surface area contributed by atoms with Crippen LogP contribution in [0.25, 0.3) is 11.3 Å². The van der Waals surface area contributed by atoms with E-state index in [9.17, 15) is 9.59 Å². The molecule has 9 nitrogen and oxygen atoms in total. The predicted molar refractivity (Wildman–Crippen MR) is 98.9 cm³/mol. The summed E-state index contributed by atoms with van der Waals surface area (Å²) >= 11 is 1.31. The van der Waals surface area contributed by atoms with Crippen molar-refractivity contribution in [3.05, 3.63) is 41.5 Å². The second-order valence-electron chi connectivity index (χ2n) is 5.72. The summed E-state index contributed by atoms with van der Waals surface area (Å²) in [6.45, 7) is 3.42. The number of nitrogens with one attached hydrogen (secondary N) is 1. The minimum absolute atomic E-state index is 0.167. The van der Waals surface area contributed by atoms with Gasteiger partial charge in [-0.3, -0.25) is 14.9 Å². The summed E-state index contributed by atoms with van der Waals surface area (Å²) in [6.07, 6.45) is 1.30. The smallest absolute Gasteiger partial charge is 0.328 e. The first-order valence-electron chi connectivity index (χ1n) is 8.31. The first-order valence-corrected chi connectivity index (χ1v) is 9.19. The second-order valence-corrected chi connectivity index (χ2v) is 6.58. The van der Waals surface area contributed by atoms with Crippen molar-refractivity contribution in [1.29, 1.82) is 0 Å². The van der Waals surface area contributed by atoms with Crippen molar-refractivity contribution in [1.82, 2.24) is 25.2 Å². The van der Waals surface area contributed by atoms with E-state index < -0.39 is 18.0 Å². The van der Waals surface area contributed by atoms with Crippen LogP contribution in [0.3, 0.4) is 0 Å². The van der Waals surface area contributed by atoms with Crippen molar-refractivity contribution in [3.63, 3.8) is 0 Å². The van der Waals surface area contributed by atoms with Crippen LogP contribution in [0.4, 0.5) is 5.13 Å². The minimum atomic E-state index is -0.967. The molecule has 3 aromatic rings. The lowest BCUT2D eigenvalue weighted by atomic mass is 10.1. The number of carbonyl (C=O) groups is 2. The van der Waals surface area contributed by atoms with E-state index in [0.717, 1.165) is 17.7 Å². The highest BCUT2D eigenvalue weighted by atomic mass is 32.1. The highest BCUT2D eigenvalue weighted by Crippen LogP contribution is 2.25. The molecule has 1 atom stereocenters. The lowest BCUT2D eigenvalue weighted by Crippen LogP contribution is -2.31. The summed E-state index contributed by atoms with van der Waals surface area (Å²) in [7, 11) is 0. The summed E-state index contributed by atoms with van der Waals surface area (Å²) in [5.74, 6) is -1.07. The molecular weight excluding hydrogens is 368 g/mol. The van der Waals surface area contributed by atoms with Crippen molar-refractivity contribution < 1.29 is 14.3 Å². The zero-order valence-electron chi connectivity index (χ0n) is 14.8. The molecule has 1 N–H and O–H groups in total. The maximum absolute atomic E-state index is 12.2. The molecule has 0 radical (unpaired) electrons. The van der Waals surface area contributed by atoms with Gasteiger partial charge in [0.1, 0.15) is 12.9 Å². The Morgan fingerprint density at radius 3 is 2.74 bits per heavy atom. The Labute approximate surface area is 159 Å². The topological polar surface area (TPSA) is 112 Å². The molecule has 27 heavy (non-hydrogen) atoms. The highest BCUT2D eigenvalue weighted by Gasteiger charge is 2.19. The maximum atomic E-state index is 12.2. The Bertz CT molecular complexity index is 907. The summed E-state index contributed by atoms with van der Waals surface area (Å²) in [5, 5.41) is 15.4. The molecule has 0 aliphatic carbocycles. The van der Waals surface area contributed by atoms with Crippen LogP contribution >= 0.6 is 11.3 Å². The summed E-state index contributed by atoms with van der Waals surface area (Å²) in [6, 6.07) is 8.12. The fourth-order valence-corrected chi connectivity index (χ4v) is 2.98. The number of aromatic nitrogens is 5. The van der Waals surface area contributed by atoms with Crippen molar-refractivity contribution in [2.45, 2.75) is 32.9 Å². The third-order valence-corrected chi connectivity index (χ3v) is 4.51. The number of rotatable bonds is 7. The number of benzene rings is 1. The fraction of sp³-hybridized carbons (Fsp3) is 0.294. The van der Waals surface area contributed by atoms with Gasteiger partial charge in [0, 0.05) is 10.9 Å². The Morgan fingerprint density at radius 2 is 2.07 bits per heavy atom. The van der Waals surface area contributed by atoms with Crippen LogP contribution in [0.15, 0.2) is 36.0 Å². The quantitative estimate of drug-likeness (QED) is 0.617. The number of carbonyl (C=O) groups excluding carboxylic acids is 2. The van der Waals surface area contributed by atoms with Gasteiger partial charge in [-0.2, -0.15) is 0 Å². The number of aryl methyl sites for hydroxylation is 1. The Balaban J connectivity index is 1.55. The van der Waals surface area contributed by atoms with Crippen molar-refractivity contribution in [2.75, 3.05) is 5.32 Å². The second kappa shape index (κ2) is 8.49. The van der Waals surface area contributed by atoms with Crippen LogP contribution in [0.5, 0.6) is 0 Å². The van der Waals surface area contributed by atoms with Gasteiger partial charge in [-0.15, -0.1) is 16.4 Å². The van der Waals surface area contributed by atoms with Crippen molar-refractivity contribution in [2.24, 2.45) is 0 Å². The van der Waals surface area contributed by atoms with E-state index in [1.54, 1.807) is 0 Å². The van der Waals surface area contributed by atoms with Gasteiger partial charge in [-0.1, -0.05) is 31.2 Å². The molecule has 0 saturated heterocycles. The van der Waals surface area contributed by atoms with E-state index in [1.165, 1.54) is 34.8 Å². The monoisotopic (exact) mass is 386 g/mol. The number of ether oxygens (including phenoxy) is 1. The number of thiazole rings is 1. The standard InChI is InChI=1S/C17H18N6O3S/c1-3-12-4-6-13(7-5-12)14-9-27-17(19-14)20-16(25)11(2)26-15(24)8-23-10-18-21-22-23/h4-7,9-11H,3,8H2,1-2H3,(H,19,20,25)/t11-/m1/s1. The molecule has 0 spiro atoms. The van der Waals surface area contributed by atoms with E-state index in [4.69, 9.17) is 4.74 Å². The SMILES string of the molecule is CCc1ccc(-c2csc(NC(=O)[C@@H](C)OC(=O)Cn3cnnn3)n2)cc1. The van der Waals surface area contributed by atoms with Crippen LogP contribution in [0.2, 0.25) is 0 Å². The number of tetrazole rings is 1. The average Bonchev–Trinajstić information content (AvgIpc) is 3.33. The summed E-state index contributed by atoms with van der Waals surface area (Å²) in [4.78, 5) is 28.4. The van der Waals surface area contributed by atoms with Crippen LogP contribution in [0, 0.1) is 0 Å². The van der Waals surface area contributed by atoms with Crippen LogP contribution in [-0.2, 0) is 27.3 Å². The zero-order chi connectivity index (χ0) is 19.2. The van der Waals surface area contributed by atoms with E-state index in [0.29, 0.717) is 5.13 Å². The van der Waals surface area contributed by atoms with Gasteiger partial charge in [0.15, 0.2) is 11.2 Å². The van der Waals surface area contributed by atoms with Gasteiger partial charge in [0.25, 0.3) is 5.91 Å². The maximum Gasteiger partial charge on any atom is 0.328 e. The molecule has 0 aliphatic rings. The minimum Gasteiger partial charge on any atom is -0.451 e. The molecule has 0 fully saturated rings. The lowest BCUT2D eigenvalue weighted by molar-refractivity contribution is -0.153. The first-order chi connectivity index (χ1) is 13.0. The fourth-order valence-electron chi connectivity index (χ4n) is 2.25. The Kier molecular flexibility index (Phi) is 5.87. The third-order valence-electron chi connectivity index (χ3n) is 3.75. The molecule has 10 heteroatoms. The molecular formula is C17H18N6O3S. The molecule has 0 unspecified atom stereocenters. The molecule has 0 aliphatic heterocycles. The normalized spacial score (nSPS) is 11.8. The van der Waals surface area contributed by atoms with Crippen LogP contribution < -0.4 is 5.32 Å². The van der Waals surface area contributed by atoms with Crippen LogP contribution in [-0.4, -0.2) is 43.2 Å². The largest absolute Gasteiger partial charge is 0.451 e. The predicted octanol–water partition coefficient (Wildman–Crippen LogP) is 1.93. The average molecular weight is 386 g/mol. The van der Waals surface area contributed by atoms with Gasteiger partial charge in [-0.05, 0) is 29.3 Å². The number of esters is 1. The molecule has 1 aromatic carbocycles. The lowest BCUT2D eigenvalue weighted by Gasteiger charge is -2.12. The molecule has 1 amide bonds. The molecule has 140 valence electrons. The van der Waals surface area contributed by atoms with Gasteiger partial charge in [0.05, 0.1) is 5.69 Å². The molecule has 3 rings (SSSR count). The zero-order valence-corrected chi connectivity index (χ0v) is 15.6. The van der Waals surface area contributed by atoms with E-state index in [1.807, 2.05) is 17.5 Å².